The Hall–Kier alpha value is -2.60. The molecule has 0 atom stereocenters. The summed E-state index contributed by atoms with van der Waals surface area (Å²) < 4.78 is 0. The fourth-order valence-electron chi connectivity index (χ4n) is 1.98. The van der Waals surface area contributed by atoms with Gasteiger partial charge in [0.1, 0.15) is 0 Å². The van der Waals surface area contributed by atoms with Crippen molar-refractivity contribution in [3.63, 3.8) is 0 Å². The largest absolute Gasteiger partial charge is 0.361 e. The van der Waals surface area contributed by atoms with Crippen LogP contribution in [0.1, 0.15) is 5.56 Å². The summed E-state index contributed by atoms with van der Waals surface area (Å²) in [7, 11) is 0. The van der Waals surface area contributed by atoms with Crippen LogP contribution in [0, 0.1) is 0 Å². The SMILES string of the molecule is O=C(CSc1ccccn1)N/N=C\c1c[nH]c2ccccc12. The molecule has 6 heteroatoms. The average Bonchev–Trinajstić information content (AvgIpc) is 2.97. The van der Waals surface area contributed by atoms with E-state index in [9.17, 15) is 4.79 Å². The van der Waals surface area contributed by atoms with Crippen molar-refractivity contribution in [3.05, 3.63) is 60.4 Å². The minimum Gasteiger partial charge on any atom is -0.361 e. The van der Waals surface area contributed by atoms with Gasteiger partial charge in [0.05, 0.1) is 17.0 Å². The molecule has 0 fully saturated rings. The van der Waals surface area contributed by atoms with E-state index in [0.29, 0.717) is 0 Å². The number of nitrogens with one attached hydrogen (secondary N) is 2. The first-order chi connectivity index (χ1) is 10.8. The summed E-state index contributed by atoms with van der Waals surface area (Å²) in [5.41, 5.74) is 4.50. The molecule has 0 aliphatic carbocycles. The maximum Gasteiger partial charge on any atom is 0.250 e. The molecule has 1 aromatic carbocycles. The number of pyridine rings is 1. The normalized spacial score (nSPS) is 11.1. The number of nitrogens with zero attached hydrogens (tertiary/aromatic N) is 2. The Balaban J connectivity index is 1.54. The van der Waals surface area contributed by atoms with E-state index in [-0.39, 0.29) is 11.7 Å². The lowest BCUT2D eigenvalue weighted by atomic mass is 10.2. The lowest BCUT2D eigenvalue weighted by molar-refractivity contribution is -0.118. The Bertz CT molecular complexity index is 798. The van der Waals surface area contributed by atoms with Crippen LogP contribution in [0.4, 0.5) is 0 Å². The van der Waals surface area contributed by atoms with Gasteiger partial charge in [-0.25, -0.2) is 10.4 Å². The molecule has 0 bridgehead atoms. The van der Waals surface area contributed by atoms with Crippen LogP contribution in [0.15, 0.2) is 65.0 Å². The number of H-pyrrole nitrogens is 1. The molecular formula is C16H14N4OS. The van der Waals surface area contributed by atoms with Crippen molar-refractivity contribution in [2.24, 2.45) is 5.10 Å². The molecule has 22 heavy (non-hydrogen) atoms. The fourth-order valence-corrected chi connectivity index (χ4v) is 2.63. The van der Waals surface area contributed by atoms with Gasteiger partial charge in [-0.05, 0) is 18.2 Å². The van der Waals surface area contributed by atoms with E-state index in [1.807, 2.05) is 48.7 Å². The van der Waals surface area contributed by atoms with Gasteiger partial charge in [0.25, 0.3) is 0 Å². The summed E-state index contributed by atoms with van der Waals surface area (Å²) in [6.07, 6.45) is 5.21. The molecule has 3 aromatic rings. The van der Waals surface area contributed by atoms with Crippen LogP contribution < -0.4 is 5.43 Å². The summed E-state index contributed by atoms with van der Waals surface area (Å²) in [5.74, 6) is 0.120. The van der Waals surface area contributed by atoms with Crippen LogP contribution in [0.25, 0.3) is 10.9 Å². The number of fused-ring (bicyclic) bond motifs is 1. The number of thioether (sulfide) groups is 1. The molecule has 5 nitrogen and oxygen atoms in total. The molecule has 0 saturated heterocycles. The standard InChI is InChI=1S/C16H14N4OS/c21-15(11-22-16-7-3-4-8-17-16)20-19-10-12-9-18-14-6-2-1-5-13(12)14/h1-10,18H,11H2,(H,20,21)/b19-10-. The van der Waals surface area contributed by atoms with Crippen LogP contribution in [0.2, 0.25) is 0 Å². The number of hydrogen-bond donors (Lipinski definition) is 2. The highest BCUT2D eigenvalue weighted by Crippen LogP contribution is 2.15. The minimum absolute atomic E-state index is 0.160. The third-order valence-corrected chi connectivity index (χ3v) is 3.95. The molecule has 2 N–H and O–H groups in total. The average molecular weight is 310 g/mol. The highest BCUT2D eigenvalue weighted by atomic mass is 32.2. The van der Waals surface area contributed by atoms with Crippen molar-refractivity contribution in [1.29, 1.82) is 0 Å². The first kappa shape index (κ1) is 14.3. The number of hydrazone groups is 1. The second-order valence-corrected chi connectivity index (χ2v) is 5.54. The zero-order chi connectivity index (χ0) is 15.2. The molecule has 3 rings (SSSR count). The first-order valence-electron chi connectivity index (χ1n) is 6.75. The Labute approximate surface area is 131 Å². The van der Waals surface area contributed by atoms with Gasteiger partial charge in [-0.2, -0.15) is 5.10 Å². The Morgan fingerprint density at radius 1 is 1.27 bits per heavy atom. The van der Waals surface area contributed by atoms with Crippen LogP contribution in [-0.4, -0.2) is 27.8 Å². The minimum atomic E-state index is -0.160. The lowest BCUT2D eigenvalue weighted by Crippen LogP contribution is -2.19. The van der Waals surface area contributed by atoms with E-state index in [0.717, 1.165) is 21.5 Å². The Kier molecular flexibility index (Phi) is 4.50. The molecule has 0 aliphatic heterocycles. The summed E-state index contributed by atoms with van der Waals surface area (Å²) in [6, 6.07) is 13.5. The molecule has 0 unspecified atom stereocenters. The summed E-state index contributed by atoms with van der Waals surface area (Å²) >= 11 is 1.38. The molecule has 0 radical (unpaired) electrons. The van der Waals surface area contributed by atoms with Gasteiger partial charge >= 0.3 is 0 Å². The van der Waals surface area contributed by atoms with Gasteiger partial charge in [-0.3, -0.25) is 4.79 Å². The number of rotatable bonds is 5. The van der Waals surface area contributed by atoms with Crippen molar-refractivity contribution in [2.75, 3.05) is 5.75 Å². The monoisotopic (exact) mass is 310 g/mol. The number of benzene rings is 1. The first-order valence-corrected chi connectivity index (χ1v) is 7.73. The van der Waals surface area contributed by atoms with Gasteiger partial charge in [0.15, 0.2) is 0 Å². The van der Waals surface area contributed by atoms with E-state index >= 15 is 0 Å². The summed E-state index contributed by atoms with van der Waals surface area (Å²) in [6.45, 7) is 0. The van der Waals surface area contributed by atoms with Crippen LogP contribution in [0.5, 0.6) is 0 Å². The molecule has 0 saturated carbocycles. The van der Waals surface area contributed by atoms with Crippen molar-refractivity contribution < 1.29 is 4.79 Å². The molecule has 1 amide bonds. The number of amides is 1. The topological polar surface area (TPSA) is 70.1 Å². The van der Waals surface area contributed by atoms with Crippen molar-refractivity contribution in [1.82, 2.24) is 15.4 Å². The molecule has 2 heterocycles. The highest BCUT2D eigenvalue weighted by Gasteiger charge is 2.03. The molecule has 0 aliphatic rings. The van der Waals surface area contributed by atoms with Crippen LogP contribution in [0.3, 0.4) is 0 Å². The highest BCUT2D eigenvalue weighted by molar-refractivity contribution is 7.99. The van der Waals surface area contributed by atoms with Crippen molar-refractivity contribution >= 4 is 34.8 Å². The predicted octanol–water partition coefficient (Wildman–Crippen LogP) is 2.81. The van der Waals surface area contributed by atoms with Gasteiger partial charge < -0.3 is 4.98 Å². The number of aromatic amines is 1. The van der Waals surface area contributed by atoms with Crippen molar-refractivity contribution in [2.45, 2.75) is 5.03 Å². The predicted molar refractivity (Wildman–Crippen MR) is 89.0 cm³/mol. The molecule has 2 aromatic heterocycles. The Morgan fingerprint density at radius 3 is 3.00 bits per heavy atom. The van der Waals surface area contributed by atoms with Gasteiger partial charge in [0, 0.05) is 28.9 Å². The maximum atomic E-state index is 11.7. The van der Waals surface area contributed by atoms with E-state index in [4.69, 9.17) is 0 Å². The number of hydrogen-bond acceptors (Lipinski definition) is 4. The van der Waals surface area contributed by atoms with Gasteiger partial charge in [-0.15, -0.1) is 0 Å². The summed E-state index contributed by atoms with van der Waals surface area (Å²) in [4.78, 5) is 19.0. The Morgan fingerprint density at radius 2 is 2.14 bits per heavy atom. The second-order valence-electron chi connectivity index (χ2n) is 4.54. The number of aromatic nitrogens is 2. The van der Waals surface area contributed by atoms with E-state index in [2.05, 4.69) is 20.5 Å². The van der Waals surface area contributed by atoms with Crippen molar-refractivity contribution in [3.8, 4) is 0 Å². The lowest BCUT2D eigenvalue weighted by Gasteiger charge is -1.99. The zero-order valence-corrected chi connectivity index (χ0v) is 12.5. The van der Waals surface area contributed by atoms with Gasteiger partial charge in [-0.1, -0.05) is 36.0 Å². The summed E-state index contributed by atoms with van der Waals surface area (Å²) in [5, 5.41) is 5.89. The fraction of sp³-hybridized carbons (Fsp3) is 0.0625. The maximum absolute atomic E-state index is 11.7. The van der Waals surface area contributed by atoms with E-state index in [1.54, 1.807) is 12.4 Å². The third kappa shape index (κ3) is 3.53. The zero-order valence-electron chi connectivity index (χ0n) is 11.7. The van der Waals surface area contributed by atoms with Crippen LogP contribution in [-0.2, 0) is 4.79 Å². The van der Waals surface area contributed by atoms with E-state index < -0.39 is 0 Å². The molecular weight excluding hydrogens is 296 g/mol. The molecule has 0 spiro atoms. The number of para-hydroxylation sites is 1. The number of carbonyl (C=O) groups excluding carboxylic acids is 1. The van der Waals surface area contributed by atoms with E-state index in [1.165, 1.54) is 11.8 Å². The second kappa shape index (κ2) is 6.91. The quantitative estimate of drug-likeness (QED) is 0.432. The molecule has 110 valence electrons. The van der Waals surface area contributed by atoms with Gasteiger partial charge in [0.2, 0.25) is 5.91 Å². The van der Waals surface area contributed by atoms with Crippen LogP contribution >= 0.6 is 11.8 Å². The smallest absolute Gasteiger partial charge is 0.250 e. The number of carbonyl (C=O) groups is 1. The third-order valence-electron chi connectivity index (χ3n) is 3.00.